The molecule has 5 aromatic rings. The normalized spacial score (nSPS) is 11.0. The largest absolute Gasteiger partial charge is 0.469 e. The van der Waals surface area contributed by atoms with Crippen molar-refractivity contribution in [3.05, 3.63) is 82.2 Å². The Hall–Kier alpha value is -3.95. The molecular formula is C24H18ClN5O3S. The smallest absolute Gasteiger partial charge is 0.260 e. The third kappa shape index (κ3) is 4.57. The topological polar surface area (TPSA) is 113 Å². The fourth-order valence-electron chi connectivity index (χ4n) is 3.47. The lowest BCUT2D eigenvalue weighted by atomic mass is 10.2. The molecule has 0 aliphatic rings. The van der Waals surface area contributed by atoms with Gasteiger partial charge >= 0.3 is 0 Å². The van der Waals surface area contributed by atoms with Crippen LogP contribution in [0.2, 0.25) is 5.02 Å². The zero-order valence-electron chi connectivity index (χ0n) is 17.9. The number of carbonyl (C=O) groups excluding carboxylic acids is 2. The fraction of sp³-hybridized carbons (Fsp3) is 0.0833. The highest BCUT2D eigenvalue weighted by molar-refractivity contribution is 7.14. The highest BCUT2D eigenvalue weighted by atomic mass is 35.5. The molecule has 2 aromatic carbocycles. The molecule has 5 rings (SSSR count). The third-order valence-corrected chi connectivity index (χ3v) is 6.25. The number of aromatic amines is 1. The number of aryl methyl sites for hydroxylation is 1. The number of anilines is 2. The maximum Gasteiger partial charge on any atom is 0.260 e. The first kappa shape index (κ1) is 21.9. The van der Waals surface area contributed by atoms with Crippen LogP contribution < -0.4 is 10.6 Å². The standard InChI is InChI=1S/C24H18ClN5O3S/c1-13-16(8-9-33-13)23(32)30-24-27-15(12-34-24)11-21(31)26-14-6-7-19-20(10-14)29-22(28-19)17-4-2-3-5-18(17)25/h2-10,12H,11H2,1H3,(H,26,31)(H,28,29)(H,27,30,32). The number of H-pyrrole nitrogens is 1. The molecule has 0 unspecified atom stereocenters. The van der Waals surface area contributed by atoms with Crippen LogP contribution in [0, 0.1) is 6.92 Å². The van der Waals surface area contributed by atoms with Crippen molar-refractivity contribution < 1.29 is 14.0 Å². The molecule has 0 saturated heterocycles. The molecule has 10 heteroatoms. The van der Waals surface area contributed by atoms with E-state index in [1.165, 1.54) is 17.6 Å². The molecule has 0 radical (unpaired) electrons. The first-order chi connectivity index (χ1) is 16.5. The van der Waals surface area contributed by atoms with E-state index in [1.54, 1.807) is 24.4 Å². The second kappa shape index (κ2) is 9.12. The quantitative estimate of drug-likeness (QED) is 0.283. The van der Waals surface area contributed by atoms with Gasteiger partial charge in [-0.2, -0.15) is 0 Å². The molecule has 0 saturated carbocycles. The number of halogens is 1. The number of benzene rings is 2. The second-order valence-corrected chi connectivity index (χ2v) is 8.78. The third-order valence-electron chi connectivity index (χ3n) is 5.11. The maximum absolute atomic E-state index is 12.6. The van der Waals surface area contributed by atoms with Crippen LogP contribution >= 0.6 is 22.9 Å². The van der Waals surface area contributed by atoms with Crippen LogP contribution in [0.1, 0.15) is 21.8 Å². The van der Waals surface area contributed by atoms with E-state index in [-0.39, 0.29) is 18.2 Å². The minimum atomic E-state index is -0.305. The van der Waals surface area contributed by atoms with Crippen LogP contribution in [-0.4, -0.2) is 26.8 Å². The molecule has 0 spiro atoms. The molecule has 3 aromatic heterocycles. The van der Waals surface area contributed by atoms with Crippen molar-refractivity contribution in [3.63, 3.8) is 0 Å². The van der Waals surface area contributed by atoms with Gasteiger partial charge in [-0.15, -0.1) is 11.3 Å². The molecule has 3 N–H and O–H groups in total. The Morgan fingerprint density at radius 1 is 1.12 bits per heavy atom. The highest BCUT2D eigenvalue weighted by Gasteiger charge is 2.15. The van der Waals surface area contributed by atoms with Crippen LogP contribution in [0.3, 0.4) is 0 Å². The van der Waals surface area contributed by atoms with Gasteiger partial charge < -0.3 is 14.7 Å². The Labute approximate surface area is 203 Å². The molecule has 0 aliphatic heterocycles. The van der Waals surface area contributed by atoms with Gasteiger partial charge in [0.15, 0.2) is 5.13 Å². The monoisotopic (exact) mass is 491 g/mol. The number of fused-ring (bicyclic) bond motifs is 1. The van der Waals surface area contributed by atoms with Gasteiger partial charge in [0.1, 0.15) is 11.6 Å². The number of imidazole rings is 1. The lowest BCUT2D eigenvalue weighted by molar-refractivity contribution is -0.115. The Balaban J connectivity index is 1.24. The number of thiazole rings is 1. The summed E-state index contributed by atoms with van der Waals surface area (Å²) >= 11 is 7.53. The molecule has 0 bridgehead atoms. The Bertz CT molecular complexity index is 1520. The van der Waals surface area contributed by atoms with Gasteiger partial charge in [0, 0.05) is 16.6 Å². The summed E-state index contributed by atoms with van der Waals surface area (Å²) in [6.07, 6.45) is 1.53. The summed E-state index contributed by atoms with van der Waals surface area (Å²) in [6, 6.07) is 14.5. The number of nitrogens with one attached hydrogen (secondary N) is 3. The van der Waals surface area contributed by atoms with Crippen molar-refractivity contribution in [1.29, 1.82) is 0 Å². The van der Waals surface area contributed by atoms with Crippen molar-refractivity contribution in [1.82, 2.24) is 15.0 Å². The molecule has 0 fully saturated rings. The van der Waals surface area contributed by atoms with E-state index >= 15 is 0 Å². The van der Waals surface area contributed by atoms with E-state index in [2.05, 4.69) is 25.6 Å². The number of hydrogen-bond donors (Lipinski definition) is 3. The van der Waals surface area contributed by atoms with E-state index < -0.39 is 0 Å². The average Bonchev–Trinajstić information content (AvgIpc) is 3.53. The number of nitrogens with zero attached hydrogens (tertiary/aromatic N) is 2. The van der Waals surface area contributed by atoms with Gasteiger partial charge in [-0.3, -0.25) is 14.9 Å². The van der Waals surface area contributed by atoms with Gasteiger partial charge in [-0.1, -0.05) is 23.7 Å². The van der Waals surface area contributed by atoms with Crippen molar-refractivity contribution in [3.8, 4) is 11.4 Å². The first-order valence-corrected chi connectivity index (χ1v) is 11.6. The van der Waals surface area contributed by atoms with Crippen molar-refractivity contribution in [2.24, 2.45) is 0 Å². The minimum absolute atomic E-state index is 0.0724. The van der Waals surface area contributed by atoms with Gasteiger partial charge in [-0.25, -0.2) is 9.97 Å². The second-order valence-electron chi connectivity index (χ2n) is 7.51. The van der Waals surface area contributed by atoms with Gasteiger partial charge in [0.25, 0.3) is 5.91 Å². The molecule has 0 aliphatic carbocycles. The summed E-state index contributed by atoms with van der Waals surface area (Å²) < 4.78 is 5.15. The lowest BCUT2D eigenvalue weighted by Gasteiger charge is -2.04. The predicted molar refractivity (Wildman–Crippen MR) is 132 cm³/mol. The van der Waals surface area contributed by atoms with Crippen molar-refractivity contribution in [2.45, 2.75) is 13.3 Å². The van der Waals surface area contributed by atoms with E-state index in [4.69, 9.17) is 16.0 Å². The van der Waals surface area contributed by atoms with E-state index in [0.29, 0.717) is 38.7 Å². The van der Waals surface area contributed by atoms with Crippen LogP contribution in [0.5, 0.6) is 0 Å². The van der Waals surface area contributed by atoms with E-state index in [0.717, 1.165) is 16.6 Å². The molecule has 3 heterocycles. The number of rotatable bonds is 6. The van der Waals surface area contributed by atoms with Crippen LogP contribution in [0.25, 0.3) is 22.4 Å². The minimum Gasteiger partial charge on any atom is -0.469 e. The fourth-order valence-corrected chi connectivity index (χ4v) is 4.40. The van der Waals surface area contributed by atoms with Crippen LogP contribution in [-0.2, 0) is 11.2 Å². The number of hydrogen-bond acceptors (Lipinski definition) is 6. The van der Waals surface area contributed by atoms with E-state index in [1.807, 2.05) is 36.4 Å². The van der Waals surface area contributed by atoms with E-state index in [9.17, 15) is 9.59 Å². The summed E-state index contributed by atoms with van der Waals surface area (Å²) in [7, 11) is 0. The van der Waals surface area contributed by atoms with Gasteiger partial charge in [0.05, 0.1) is 40.0 Å². The number of carbonyl (C=O) groups is 2. The van der Waals surface area contributed by atoms with Gasteiger partial charge in [-0.05, 0) is 43.3 Å². The van der Waals surface area contributed by atoms with Crippen molar-refractivity contribution in [2.75, 3.05) is 10.6 Å². The maximum atomic E-state index is 12.6. The first-order valence-electron chi connectivity index (χ1n) is 10.3. The summed E-state index contributed by atoms with van der Waals surface area (Å²) in [5, 5.41) is 8.36. The Morgan fingerprint density at radius 2 is 1.97 bits per heavy atom. The Kier molecular flexibility index (Phi) is 5.87. The lowest BCUT2D eigenvalue weighted by Crippen LogP contribution is -2.15. The summed E-state index contributed by atoms with van der Waals surface area (Å²) in [4.78, 5) is 37.0. The summed E-state index contributed by atoms with van der Waals surface area (Å²) in [5.41, 5.74) is 3.99. The molecule has 0 atom stereocenters. The Morgan fingerprint density at radius 3 is 2.76 bits per heavy atom. The van der Waals surface area contributed by atoms with Crippen molar-refractivity contribution >= 4 is 56.6 Å². The molecule has 2 amide bonds. The number of amides is 2. The SMILES string of the molecule is Cc1occc1C(=O)Nc1nc(CC(=O)Nc2ccc3nc(-c4ccccc4Cl)[nH]c3c2)cs1. The molecule has 170 valence electrons. The zero-order valence-corrected chi connectivity index (χ0v) is 19.5. The number of furan rings is 1. The summed E-state index contributed by atoms with van der Waals surface area (Å²) in [5.74, 6) is 0.660. The highest BCUT2D eigenvalue weighted by Crippen LogP contribution is 2.28. The molecular weight excluding hydrogens is 474 g/mol. The predicted octanol–water partition coefficient (Wildman–Crippen LogP) is 5.67. The molecule has 34 heavy (non-hydrogen) atoms. The van der Waals surface area contributed by atoms with Crippen LogP contribution in [0.15, 0.2) is 64.6 Å². The average molecular weight is 492 g/mol. The number of aromatic nitrogens is 3. The van der Waals surface area contributed by atoms with Crippen LogP contribution in [0.4, 0.5) is 10.8 Å². The van der Waals surface area contributed by atoms with Gasteiger partial charge in [0.2, 0.25) is 5.91 Å². The zero-order chi connectivity index (χ0) is 23.7. The summed E-state index contributed by atoms with van der Waals surface area (Å²) in [6.45, 7) is 1.71. The molecule has 8 nitrogen and oxygen atoms in total.